The van der Waals surface area contributed by atoms with Crippen molar-refractivity contribution < 1.29 is 9.53 Å². The Balaban J connectivity index is 2.01. The molecule has 0 aliphatic carbocycles. The van der Waals surface area contributed by atoms with Crippen LogP contribution in [0.3, 0.4) is 0 Å². The third-order valence-corrected chi connectivity index (χ3v) is 2.79. The highest BCUT2D eigenvalue weighted by molar-refractivity contribution is 5.76. The molecule has 0 unspecified atom stereocenters. The lowest BCUT2D eigenvalue weighted by atomic mass is 10.2. The van der Waals surface area contributed by atoms with Gasteiger partial charge in [0.05, 0.1) is 12.2 Å². The van der Waals surface area contributed by atoms with Gasteiger partial charge < -0.3 is 9.64 Å². The second-order valence-electron chi connectivity index (χ2n) is 5.75. The Labute approximate surface area is 114 Å². The molecule has 2 heterocycles. The van der Waals surface area contributed by atoms with Crippen molar-refractivity contribution in [3.63, 3.8) is 0 Å². The molecule has 1 aromatic rings. The molecule has 0 saturated carbocycles. The minimum atomic E-state index is -0.457. The summed E-state index contributed by atoms with van der Waals surface area (Å²) < 4.78 is 5.36. The van der Waals surface area contributed by atoms with Crippen LogP contribution in [0.2, 0.25) is 0 Å². The normalized spacial score (nSPS) is 15.4. The second-order valence-corrected chi connectivity index (χ2v) is 5.75. The van der Waals surface area contributed by atoms with Crippen molar-refractivity contribution in [2.24, 2.45) is 0 Å². The second kappa shape index (κ2) is 5.03. The molecule has 1 amide bonds. The van der Waals surface area contributed by atoms with E-state index < -0.39 is 5.60 Å². The highest BCUT2D eigenvalue weighted by Gasteiger charge is 2.25. The van der Waals surface area contributed by atoms with E-state index in [4.69, 9.17) is 4.74 Å². The predicted molar refractivity (Wildman–Crippen MR) is 74.8 cm³/mol. The summed E-state index contributed by atoms with van der Waals surface area (Å²) in [5.74, 6) is 0. The lowest BCUT2D eigenvalue weighted by Crippen LogP contribution is -2.35. The largest absolute Gasteiger partial charge is 0.444 e. The Morgan fingerprint density at radius 3 is 2.74 bits per heavy atom. The average molecular weight is 260 g/mol. The van der Waals surface area contributed by atoms with Gasteiger partial charge in [0.15, 0.2) is 0 Å². The van der Waals surface area contributed by atoms with E-state index in [1.165, 1.54) is 0 Å². The van der Waals surface area contributed by atoms with Crippen LogP contribution in [-0.4, -0.2) is 34.7 Å². The van der Waals surface area contributed by atoms with Crippen LogP contribution in [0.5, 0.6) is 0 Å². The zero-order valence-corrected chi connectivity index (χ0v) is 11.9. The first-order valence-corrected chi connectivity index (χ1v) is 6.46. The Hall–Kier alpha value is -1.84. The maximum absolute atomic E-state index is 12.0. The monoisotopic (exact) mass is 260 g/mol. The summed E-state index contributed by atoms with van der Waals surface area (Å²) in [7, 11) is 0. The van der Waals surface area contributed by atoms with Crippen molar-refractivity contribution in [2.45, 2.75) is 33.3 Å². The molecule has 2 rings (SSSR count). The predicted octanol–water partition coefficient (Wildman–Crippen LogP) is 3.02. The molecule has 1 aliphatic rings. The van der Waals surface area contributed by atoms with Gasteiger partial charge in [0.2, 0.25) is 0 Å². The Morgan fingerprint density at radius 2 is 2.11 bits per heavy atom. The van der Waals surface area contributed by atoms with Crippen LogP contribution >= 0.6 is 0 Å². The van der Waals surface area contributed by atoms with E-state index in [2.05, 4.69) is 4.98 Å². The molecule has 0 fully saturated rings. The van der Waals surface area contributed by atoms with Crippen molar-refractivity contribution in [1.29, 1.82) is 0 Å². The number of hydrogen-bond donors (Lipinski definition) is 0. The number of nitrogens with zero attached hydrogens (tertiary/aromatic N) is 2. The zero-order chi connectivity index (χ0) is 14.0. The van der Waals surface area contributed by atoms with E-state index in [1.807, 2.05) is 52.0 Å². The van der Waals surface area contributed by atoms with Gasteiger partial charge in [-0.1, -0.05) is 12.1 Å². The van der Waals surface area contributed by atoms with Gasteiger partial charge in [-0.15, -0.1) is 0 Å². The van der Waals surface area contributed by atoms with Crippen LogP contribution < -0.4 is 0 Å². The van der Waals surface area contributed by atoms with E-state index in [0.717, 1.165) is 17.0 Å². The molecule has 0 saturated heterocycles. The number of rotatable bonds is 1. The van der Waals surface area contributed by atoms with E-state index in [1.54, 1.807) is 4.90 Å². The summed E-state index contributed by atoms with van der Waals surface area (Å²) in [5.41, 5.74) is 2.54. The molecule has 1 aromatic heterocycles. The average Bonchev–Trinajstić information content (AvgIpc) is 2.75. The highest BCUT2D eigenvalue weighted by atomic mass is 16.6. The van der Waals surface area contributed by atoms with Crippen LogP contribution in [0, 0.1) is 6.92 Å². The molecule has 102 valence electrons. The number of aromatic nitrogens is 1. The van der Waals surface area contributed by atoms with E-state index in [0.29, 0.717) is 13.1 Å². The number of carbonyl (C=O) groups is 1. The number of carbonyl (C=O) groups excluding carboxylic acids is 1. The summed E-state index contributed by atoms with van der Waals surface area (Å²) in [5, 5.41) is 0. The lowest BCUT2D eigenvalue weighted by molar-refractivity contribution is 0.0306. The van der Waals surface area contributed by atoms with E-state index in [9.17, 15) is 4.79 Å². The fraction of sp³-hybridized carbons (Fsp3) is 0.467. The summed E-state index contributed by atoms with van der Waals surface area (Å²) >= 11 is 0. The molecule has 4 nitrogen and oxygen atoms in total. The minimum absolute atomic E-state index is 0.272. The standard InChI is InChI=1S/C15H20N2O2/c1-11-6-5-7-13(16-11)12-8-9-17(10-12)14(18)19-15(2,3)4/h5-8H,9-10H2,1-4H3. The number of hydrogen-bond acceptors (Lipinski definition) is 3. The Morgan fingerprint density at radius 1 is 1.37 bits per heavy atom. The van der Waals surface area contributed by atoms with Crippen LogP contribution in [0.25, 0.3) is 5.57 Å². The molecule has 0 aromatic carbocycles. The maximum atomic E-state index is 12.0. The van der Waals surface area contributed by atoms with Gasteiger partial charge in [0.25, 0.3) is 0 Å². The zero-order valence-electron chi connectivity index (χ0n) is 11.9. The third kappa shape index (κ3) is 3.56. The van der Waals surface area contributed by atoms with Crippen molar-refractivity contribution in [3.05, 3.63) is 35.7 Å². The molecule has 19 heavy (non-hydrogen) atoms. The fourth-order valence-corrected chi connectivity index (χ4v) is 1.93. The Kier molecular flexibility index (Phi) is 3.60. The van der Waals surface area contributed by atoms with E-state index in [-0.39, 0.29) is 6.09 Å². The van der Waals surface area contributed by atoms with Crippen LogP contribution in [0.4, 0.5) is 4.79 Å². The van der Waals surface area contributed by atoms with Crippen LogP contribution in [-0.2, 0) is 4.74 Å². The van der Waals surface area contributed by atoms with Gasteiger partial charge in [-0.25, -0.2) is 4.79 Å². The fourth-order valence-electron chi connectivity index (χ4n) is 1.93. The van der Waals surface area contributed by atoms with Gasteiger partial charge in [0.1, 0.15) is 5.60 Å². The summed E-state index contributed by atoms with van der Waals surface area (Å²) in [6, 6.07) is 5.91. The van der Waals surface area contributed by atoms with Gasteiger partial charge in [0, 0.05) is 12.2 Å². The number of amides is 1. The lowest BCUT2D eigenvalue weighted by Gasteiger charge is -2.24. The first kappa shape index (κ1) is 13.6. The molecule has 0 atom stereocenters. The first-order valence-electron chi connectivity index (χ1n) is 6.46. The SMILES string of the molecule is Cc1cccc(C2=CCN(C(=O)OC(C)(C)C)C2)n1. The molecule has 0 N–H and O–H groups in total. The number of aryl methyl sites for hydroxylation is 1. The van der Waals surface area contributed by atoms with Crippen molar-refractivity contribution in [2.75, 3.05) is 13.1 Å². The van der Waals surface area contributed by atoms with Crippen molar-refractivity contribution >= 4 is 11.7 Å². The molecular weight excluding hydrogens is 240 g/mol. The van der Waals surface area contributed by atoms with Gasteiger partial charge in [-0.3, -0.25) is 4.98 Å². The third-order valence-electron chi connectivity index (χ3n) is 2.79. The van der Waals surface area contributed by atoms with Crippen LogP contribution in [0.15, 0.2) is 24.3 Å². The molecule has 1 aliphatic heterocycles. The van der Waals surface area contributed by atoms with Gasteiger partial charge in [-0.05, 0) is 45.4 Å². The quantitative estimate of drug-likeness (QED) is 0.779. The van der Waals surface area contributed by atoms with Crippen LogP contribution in [0.1, 0.15) is 32.2 Å². The van der Waals surface area contributed by atoms with E-state index >= 15 is 0 Å². The Bertz CT molecular complexity index is 515. The topological polar surface area (TPSA) is 42.4 Å². The minimum Gasteiger partial charge on any atom is -0.444 e. The van der Waals surface area contributed by atoms with Crippen molar-refractivity contribution in [1.82, 2.24) is 9.88 Å². The summed E-state index contributed by atoms with van der Waals surface area (Å²) in [6.07, 6.45) is 1.76. The summed E-state index contributed by atoms with van der Waals surface area (Å²) in [4.78, 5) is 18.1. The molecular formula is C15H20N2O2. The molecule has 0 radical (unpaired) electrons. The summed E-state index contributed by atoms with van der Waals surface area (Å²) in [6.45, 7) is 8.72. The smallest absolute Gasteiger partial charge is 0.410 e. The molecule has 0 spiro atoms. The number of pyridine rings is 1. The maximum Gasteiger partial charge on any atom is 0.410 e. The first-order chi connectivity index (χ1) is 8.85. The van der Waals surface area contributed by atoms with Gasteiger partial charge in [-0.2, -0.15) is 0 Å². The van der Waals surface area contributed by atoms with Crippen molar-refractivity contribution in [3.8, 4) is 0 Å². The van der Waals surface area contributed by atoms with Gasteiger partial charge >= 0.3 is 6.09 Å². The molecule has 0 bridgehead atoms. The molecule has 4 heteroatoms. The highest BCUT2D eigenvalue weighted by Crippen LogP contribution is 2.21. The number of ether oxygens (including phenoxy) is 1.